The van der Waals surface area contributed by atoms with Crippen LogP contribution in [0.3, 0.4) is 0 Å². The Kier molecular flexibility index (Phi) is 5.71. The third-order valence-corrected chi connectivity index (χ3v) is 5.74. The van der Waals surface area contributed by atoms with Gasteiger partial charge in [-0.1, -0.05) is 24.3 Å². The van der Waals surface area contributed by atoms with Crippen molar-refractivity contribution in [3.63, 3.8) is 0 Å². The molecule has 6 nitrogen and oxygen atoms in total. The molecule has 1 aliphatic rings. The Morgan fingerprint density at radius 3 is 2.35 bits per heavy atom. The van der Waals surface area contributed by atoms with Gasteiger partial charge >= 0.3 is 5.97 Å². The van der Waals surface area contributed by atoms with E-state index >= 15 is 0 Å². The summed E-state index contributed by atoms with van der Waals surface area (Å²) in [6, 6.07) is 21.3. The van der Waals surface area contributed by atoms with E-state index in [1.54, 1.807) is 12.1 Å². The van der Waals surface area contributed by atoms with Crippen molar-refractivity contribution in [3.05, 3.63) is 83.4 Å². The number of nitrogens with one attached hydrogen (secondary N) is 1. The van der Waals surface area contributed by atoms with E-state index in [9.17, 15) is 4.79 Å². The first-order valence-corrected chi connectivity index (χ1v) is 10.3. The average molecular weight is 418 g/mol. The summed E-state index contributed by atoms with van der Waals surface area (Å²) in [5.74, 6) is 0.626. The highest BCUT2D eigenvalue weighted by molar-refractivity contribution is 5.86. The highest BCUT2D eigenvalue weighted by Gasteiger charge is 2.52. The molecule has 0 heterocycles. The first-order valence-electron chi connectivity index (χ1n) is 10.3. The molecule has 1 aliphatic carbocycles. The highest BCUT2D eigenvalue weighted by atomic mass is 16.5. The number of methoxy groups -OCH3 is 1. The van der Waals surface area contributed by atoms with Gasteiger partial charge in [-0.2, -0.15) is 0 Å². The van der Waals surface area contributed by atoms with Gasteiger partial charge in [0.1, 0.15) is 12.4 Å². The number of rotatable bonds is 8. The smallest absolute Gasteiger partial charge is 0.316 e. The summed E-state index contributed by atoms with van der Waals surface area (Å²) in [6.45, 7) is 1.05. The van der Waals surface area contributed by atoms with E-state index in [-0.39, 0.29) is 5.97 Å². The summed E-state index contributed by atoms with van der Waals surface area (Å²) in [5, 5.41) is 3.41. The molecular formula is C25H27N3O3. The molecule has 0 aromatic heterocycles. The van der Waals surface area contributed by atoms with Crippen LogP contribution in [0.5, 0.6) is 5.75 Å². The topological polar surface area (TPSA) is 99.6 Å². The molecule has 0 aliphatic heterocycles. The maximum absolute atomic E-state index is 12.0. The molecule has 0 saturated heterocycles. The van der Waals surface area contributed by atoms with E-state index < -0.39 is 5.41 Å². The van der Waals surface area contributed by atoms with Gasteiger partial charge in [0.25, 0.3) is 0 Å². The van der Waals surface area contributed by atoms with Crippen molar-refractivity contribution in [1.29, 1.82) is 0 Å². The van der Waals surface area contributed by atoms with E-state index in [0.29, 0.717) is 24.5 Å². The molecule has 31 heavy (non-hydrogen) atoms. The Hall–Kier alpha value is -3.67. The monoisotopic (exact) mass is 417 g/mol. The van der Waals surface area contributed by atoms with Gasteiger partial charge in [0.15, 0.2) is 0 Å². The molecule has 0 unspecified atom stereocenters. The Morgan fingerprint density at radius 2 is 1.71 bits per heavy atom. The second-order valence-corrected chi connectivity index (χ2v) is 7.90. The third-order valence-electron chi connectivity index (χ3n) is 5.74. The van der Waals surface area contributed by atoms with Gasteiger partial charge in [0.05, 0.1) is 12.5 Å². The molecule has 5 N–H and O–H groups in total. The predicted octanol–water partition coefficient (Wildman–Crippen LogP) is 4.25. The number of esters is 1. The quantitative estimate of drug-likeness (QED) is 0.374. The molecule has 160 valence electrons. The van der Waals surface area contributed by atoms with Crippen molar-refractivity contribution in [2.45, 2.75) is 31.4 Å². The van der Waals surface area contributed by atoms with Crippen LogP contribution in [0.1, 0.15) is 29.5 Å². The summed E-state index contributed by atoms with van der Waals surface area (Å²) in [6.07, 6.45) is 1.70. The van der Waals surface area contributed by atoms with Crippen LogP contribution in [0.4, 0.5) is 17.1 Å². The Morgan fingerprint density at radius 1 is 1.00 bits per heavy atom. The molecule has 0 spiro atoms. The number of nitrogens with two attached hydrogens (primary N) is 2. The molecule has 3 aromatic carbocycles. The first-order chi connectivity index (χ1) is 15.0. The van der Waals surface area contributed by atoms with Crippen LogP contribution < -0.4 is 21.5 Å². The van der Waals surface area contributed by atoms with Gasteiger partial charge in [-0.05, 0) is 66.4 Å². The molecule has 6 heteroatoms. The number of nitrogen functional groups attached to an aromatic ring is 2. The first kappa shape index (κ1) is 20.6. The lowest BCUT2D eigenvalue weighted by Gasteiger charge is -2.14. The standard InChI is InChI=1S/C25H27N3O3/c1-30-24(29)25(12-13-25)19-4-7-21(8-5-19)28-15-17-2-9-22(10-3-17)31-16-18-14-20(26)6-11-23(18)27/h2-11,14,28H,12-13,15-16,26-27H2,1H3. The van der Waals surface area contributed by atoms with Gasteiger partial charge in [-0.25, -0.2) is 0 Å². The fourth-order valence-electron chi connectivity index (χ4n) is 3.66. The van der Waals surface area contributed by atoms with Crippen molar-refractivity contribution in [2.24, 2.45) is 0 Å². The number of hydrogen-bond acceptors (Lipinski definition) is 6. The fraction of sp³-hybridized carbons (Fsp3) is 0.240. The van der Waals surface area contributed by atoms with Crippen molar-refractivity contribution in [2.75, 3.05) is 23.9 Å². The summed E-state index contributed by atoms with van der Waals surface area (Å²) in [5.41, 5.74) is 16.7. The maximum Gasteiger partial charge on any atom is 0.316 e. The number of anilines is 3. The number of benzene rings is 3. The summed E-state index contributed by atoms with van der Waals surface area (Å²) >= 11 is 0. The lowest BCUT2D eigenvalue weighted by atomic mass is 9.96. The number of hydrogen-bond donors (Lipinski definition) is 3. The summed E-state index contributed by atoms with van der Waals surface area (Å²) < 4.78 is 10.8. The van der Waals surface area contributed by atoms with E-state index in [4.69, 9.17) is 20.9 Å². The van der Waals surface area contributed by atoms with Crippen LogP contribution >= 0.6 is 0 Å². The number of carbonyl (C=O) groups excluding carboxylic acids is 1. The lowest BCUT2D eigenvalue weighted by Crippen LogP contribution is -2.21. The van der Waals surface area contributed by atoms with Gasteiger partial charge in [0.2, 0.25) is 0 Å². The normalized spacial score (nSPS) is 14.0. The van der Waals surface area contributed by atoms with Crippen LogP contribution in [0.15, 0.2) is 66.7 Å². The van der Waals surface area contributed by atoms with Crippen LogP contribution in [-0.4, -0.2) is 13.1 Å². The fourth-order valence-corrected chi connectivity index (χ4v) is 3.66. The van der Waals surface area contributed by atoms with Gasteiger partial charge < -0.3 is 26.3 Å². The zero-order chi connectivity index (χ0) is 21.8. The molecule has 0 amide bonds. The summed E-state index contributed by atoms with van der Waals surface area (Å²) in [7, 11) is 1.45. The van der Waals surface area contributed by atoms with E-state index in [1.165, 1.54) is 7.11 Å². The zero-order valence-electron chi connectivity index (χ0n) is 17.6. The van der Waals surface area contributed by atoms with Crippen molar-refractivity contribution in [3.8, 4) is 5.75 Å². The van der Waals surface area contributed by atoms with Gasteiger partial charge in [0, 0.05) is 29.2 Å². The number of ether oxygens (including phenoxy) is 2. The SMILES string of the molecule is COC(=O)C1(c2ccc(NCc3ccc(OCc4cc(N)ccc4N)cc3)cc2)CC1. The van der Waals surface area contributed by atoms with Crippen molar-refractivity contribution < 1.29 is 14.3 Å². The minimum absolute atomic E-state index is 0.145. The molecule has 0 atom stereocenters. The Labute approximate surface area is 182 Å². The van der Waals surface area contributed by atoms with Crippen LogP contribution in [0.2, 0.25) is 0 Å². The molecule has 3 aromatic rings. The second-order valence-electron chi connectivity index (χ2n) is 7.90. The molecule has 1 saturated carbocycles. The largest absolute Gasteiger partial charge is 0.489 e. The third kappa shape index (κ3) is 4.58. The minimum atomic E-state index is -0.431. The Balaban J connectivity index is 1.30. The highest BCUT2D eigenvalue weighted by Crippen LogP contribution is 2.49. The molecule has 1 fully saturated rings. The Bertz CT molecular complexity index is 1060. The van der Waals surface area contributed by atoms with Gasteiger partial charge in [-0.15, -0.1) is 0 Å². The summed E-state index contributed by atoms with van der Waals surface area (Å²) in [4.78, 5) is 12.0. The molecule has 0 bridgehead atoms. The maximum atomic E-state index is 12.0. The van der Waals surface area contributed by atoms with Crippen molar-refractivity contribution in [1.82, 2.24) is 0 Å². The lowest BCUT2D eigenvalue weighted by molar-refractivity contribution is -0.143. The van der Waals surface area contributed by atoms with E-state index in [1.807, 2.05) is 54.6 Å². The van der Waals surface area contributed by atoms with Crippen LogP contribution in [-0.2, 0) is 28.1 Å². The number of carbonyl (C=O) groups is 1. The van der Waals surface area contributed by atoms with E-state index in [0.717, 1.165) is 41.0 Å². The van der Waals surface area contributed by atoms with Crippen LogP contribution in [0, 0.1) is 0 Å². The second kappa shape index (κ2) is 8.60. The van der Waals surface area contributed by atoms with Crippen LogP contribution in [0.25, 0.3) is 0 Å². The molecular weight excluding hydrogens is 390 g/mol. The predicted molar refractivity (Wildman–Crippen MR) is 123 cm³/mol. The minimum Gasteiger partial charge on any atom is -0.489 e. The zero-order valence-corrected chi connectivity index (χ0v) is 17.6. The van der Waals surface area contributed by atoms with Gasteiger partial charge in [-0.3, -0.25) is 4.79 Å². The van der Waals surface area contributed by atoms with E-state index in [2.05, 4.69) is 5.32 Å². The molecule has 4 rings (SSSR count). The molecule has 0 radical (unpaired) electrons. The average Bonchev–Trinajstić information content (AvgIpc) is 3.61. The van der Waals surface area contributed by atoms with Crippen molar-refractivity contribution >= 4 is 23.0 Å².